The first-order valence-corrected chi connectivity index (χ1v) is 15.2. The Morgan fingerprint density at radius 2 is 1.21 bits per heavy atom. The van der Waals surface area contributed by atoms with Gasteiger partial charge in [-0.05, 0) is 80.6 Å². The quantitative estimate of drug-likeness (QED) is 0.0925. The highest BCUT2D eigenvalue weighted by molar-refractivity contribution is 5.91. The van der Waals surface area contributed by atoms with Gasteiger partial charge in [0.1, 0.15) is 17.2 Å². The number of unbranched alkanes of at least 4 members (excludes halogenated alkanes) is 9. The Bertz CT molecular complexity index is 859. The summed E-state index contributed by atoms with van der Waals surface area (Å²) in [5.41, 5.74) is 0.504. The molecular weight excluding hydrogens is 472 g/mol. The second-order valence-corrected chi connectivity index (χ2v) is 10.8. The summed E-state index contributed by atoms with van der Waals surface area (Å²) in [5, 5.41) is 0. The largest absolute Gasteiger partial charge is 0.494 e. The van der Waals surface area contributed by atoms with Crippen LogP contribution in [0.1, 0.15) is 128 Å². The third-order valence-corrected chi connectivity index (χ3v) is 7.23. The van der Waals surface area contributed by atoms with Gasteiger partial charge in [-0.25, -0.2) is 4.79 Å². The van der Waals surface area contributed by atoms with Crippen LogP contribution in [-0.4, -0.2) is 18.7 Å². The lowest BCUT2D eigenvalue weighted by atomic mass is 10.00. The van der Waals surface area contributed by atoms with Crippen LogP contribution in [0.2, 0.25) is 0 Å². The number of carbonyl (C=O) groups is 1. The highest BCUT2D eigenvalue weighted by Gasteiger charge is 2.10. The number of hydrogen-bond acceptors (Lipinski definition) is 4. The van der Waals surface area contributed by atoms with E-state index in [0.717, 1.165) is 36.9 Å². The molecule has 4 heteroatoms. The fraction of sp³-hybridized carbons (Fsp3) is 0.618. The molecule has 0 spiro atoms. The molecule has 2 rings (SSSR count). The lowest BCUT2D eigenvalue weighted by molar-refractivity contribution is 0.0734. The Kier molecular flexibility index (Phi) is 16.3. The molecule has 0 saturated carbocycles. The van der Waals surface area contributed by atoms with Crippen LogP contribution in [0.15, 0.2) is 48.5 Å². The summed E-state index contributed by atoms with van der Waals surface area (Å²) in [6.07, 6.45) is 17.8. The average Bonchev–Trinajstić information content (AvgIpc) is 2.93. The summed E-state index contributed by atoms with van der Waals surface area (Å²) in [7, 11) is 0. The molecule has 2 aromatic carbocycles. The average molecular weight is 525 g/mol. The van der Waals surface area contributed by atoms with Crippen LogP contribution in [0, 0.1) is 5.92 Å². The van der Waals surface area contributed by atoms with Gasteiger partial charge in [0, 0.05) is 0 Å². The number of ether oxygens (including phenoxy) is 3. The molecule has 2 aromatic rings. The van der Waals surface area contributed by atoms with E-state index in [1.807, 2.05) is 24.3 Å². The van der Waals surface area contributed by atoms with Gasteiger partial charge >= 0.3 is 5.97 Å². The van der Waals surface area contributed by atoms with Gasteiger partial charge in [-0.1, -0.05) is 91.4 Å². The fourth-order valence-electron chi connectivity index (χ4n) is 4.46. The van der Waals surface area contributed by atoms with E-state index < -0.39 is 0 Å². The Hall–Kier alpha value is -2.49. The van der Waals surface area contributed by atoms with Gasteiger partial charge in [0.05, 0.1) is 18.3 Å². The van der Waals surface area contributed by atoms with Gasteiger partial charge in [0.25, 0.3) is 0 Å². The summed E-state index contributed by atoms with van der Waals surface area (Å²) < 4.78 is 17.4. The van der Waals surface area contributed by atoms with E-state index in [4.69, 9.17) is 14.2 Å². The zero-order valence-corrected chi connectivity index (χ0v) is 24.5. The molecule has 0 aliphatic carbocycles. The SMILES string of the molecule is CCCCCC[C@@H](C)Oc1ccc(C(=O)Oc2ccc(OCCCCCCCCCC(C)CC)cc2)cc1. The van der Waals surface area contributed by atoms with E-state index >= 15 is 0 Å². The molecule has 0 heterocycles. The van der Waals surface area contributed by atoms with Crippen molar-refractivity contribution >= 4 is 5.97 Å². The molecule has 0 amide bonds. The molecule has 1 unspecified atom stereocenters. The van der Waals surface area contributed by atoms with E-state index in [1.54, 1.807) is 24.3 Å². The molecular formula is C34H52O4. The van der Waals surface area contributed by atoms with Gasteiger partial charge in [0.15, 0.2) is 0 Å². The topological polar surface area (TPSA) is 44.8 Å². The third kappa shape index (κ3) is 13.9. The second-order valence-electron chi connectivity index (χ2n) is 10.8. The van der Waals surface area contributed by atoms with Crippen molar-refractivity contribution in [3.8, 4) is 17.2 Å². The first-order chi connectivity index (χ1) is 18.5. The number of esters is 1. The molecule has 2 atom stereocenters. The van der Waals surface area contributed by atoms with Crippen LogP contribution >= 0.6 is 0 Å². The van der Waals surface area contributed by atoms with E-state index in [9.17, 15) is 4.79 Å². The minimum Gasteiger partial charge on any atom is -0.494 e. The Morgan fingerprint density at radius 3 is 1.87 bits per heavy atom. The van der Waals surface area contributed by atoms with Crippen molar-refractivity contribution in [1.82, 2.24) is 0 Å². The number of hydrogen-bond donors (Lipinski definition) is 0. The Labute approximate surface area is 232 Å². The smallest absolute Gasteiger partial charge is 0.343 e. The van der Waals surface area contributed by atoms with Crippen molar-refractivity contribution < 1.29 is 19.0 Å². The molecule has 0 saturated heterocycles. The van der Waals surface area contributed by atoms with Crippen molar-refractivity contribution in [3.05, 3.63) is 54.1 Å². The van der Waals surface area contributed by atoms with Gasteiger partial charge in [-0.15, -0.1) is 0 Å². The molecule has 0 aliphatic heterocycles. The summed E-state index contributed by atoms with van der Waals surface area (Å²) in [6, 6.07) is 14.5. The second kappa shape index (κ2) is 19.6. The van der Waals surface area contributed by atoms with Crippen LogP contribution in [0.3, 0.4) is 0 Å². The summed E-state index contributed by atoms with van der Waals surface area (Å²) in [6.45, 7) is 9.67. The van der Waals surface area contributed by atoms with E-state index in [1.165, 1.54) is 77.0 Å². The zero-order chi connectivity index (χ0) is 27.4. The van der Waals surface area contributed by atoms with Crippen molar-refractivity contribution in [2.24, 2.45) is 5.92 Å². The first kappa shape index (κ1) is 31.7. The molecule has 38 heavy (non-hydrogen) atoms. The highest BCUT2D eigenvalue weighted by Crippen LogP contribution is 2.21. The van der Waals surface area contributed by atoms with Crippen LogP contribution in [0.4, 0.5) is 0 Å². The monoisotopic (exact) mass is 524 g/mol. The van der Waals surface area contributed by atoms with Gasteiger partial charge in [0.2, 0.25) is 0 Å². The number of rotatable bonds is 21. The normalized spacial score (nSPS) is 12.6. The molecule has 212 valence electrons. The van der Waals surface area contributed by atoms with Crippen LogP contribution < -0.4 is 14.2 Å². The maximum absolute atomic E-state index is 12.5. The van der Waals surface area contributed by atoms with Crippen LogP contribution in [0.5, 0.6) is 17.2 Å². The van der Waals surface area contributed by atoms with E-state index in [0.29, 0.717) is 11.3 Å². The molecule has 0 aromatic heterocycles. The van der Waals surface area contributed by atoms with E-state index in [2.05, 4.69) is 27.7 Å². The fourth-order valence-corrected chi connectivity index (χ4v) is 4.46. The molecule has 4 nitrogen and oxygen atoms in total. The molecule has 0 fully saturated rings. The number of carbonyl (C=O) groups excluding carboxylic acids is 1. The van der Waals surface area contributed by atoms with E-state index in [-0.39, 0.29) is 12.1 Å². The zero-order valence-electron chi connectivity index (χ0n) is 24.5. The first-order valence-electron chi connectivity index (χ1n) is 15.2. The third-order valence-electron chi connectivity index (χ3n) is 7.23. The van der Waals surface area contributed by atoms with Gasteiger partial charge < -0.3 is 14.2 Å². The Morgan fingerprint density at radius 1 is 0.658 bits per heavy atom. The van der Waals surface area contributed by atoms with Crippen LogP contribution in [0.25, 0.3) is 0 Å². The lowest BCUT2D eigenvalue weighted by Gasteiger charge is -2.14. The minimum atomic E-state index is -0.377. The highest BCUT2D eigenvalue weighted by atomic mass is 16.5. The van der Waals surface area contributed by atoms with Crippen molar-refractivity contribution in [1.29, 1.82) is 0 Å². The molecule has 0 aliphatic rings. The Balaban J connectivity index is 1.60. The predicted octanol–water partition coefficient (Wildman–Crippen LogP) is 10.2. The van der Waals surface area contributed by atoms with Crippen LogP contribution in [-0.2, 0) is 0 Å². The summed E-state index contributed by atoms with van der Waals surface area (Å²) in [4.78, 5) is 12.5. The van der Waals surface area contributed by atoms with Crippen molar-refractivity contribution in [3.63, 3.8) is 0 Å². The van der Waals surface area contributed by atoms with Crippen molar-refractivity contribution in [2.45, 2.75) is 124 Å². The standard InChI is InChI=1S/C34H52O4/c1-5-7-8-15-18-29(4)37-32-21-19-30(20-22-32)34(35)38-33-25-23-31(24-26-33)36-27-16-13-11-9-10-12-14-17-28(3)6-2/h19-26,28-29H,5-18,27H2,1-4H3/t28?,29-/m1/s1. The minimum absolute atomic E-state index is 0.166. The maximum Gasteiger partial charge on any atom is 0.343 e. The molecule has 0 N–H and O–H groups in total. The predicted molar refractivity (Wildman–Crippen MR) is 159 cm³/mol. The number of benzene rings is 2. The summed E-state index contributed by atoms with van der Waals surface area (Å²) in [5.74, 6) is 2.60. The molecule has 0 radical (unpaired) electrons. The van der Waals surface area contributed by atoms with Gasteiger partial charge in [-0.2, -0.15) is 0 Å². The lowest BCUT2D eigenvalue weighted by Crippen LogP contribution is -2.12. The van der Waals surface area contributed by atoms with Crippen molar-refractivity contribution in [2.75, 3.05) is 6.61 Å². The maximum atomic E-state index is 12.5. The summed E-state index contributed by atoms with van der Waals surface area (Å²) >= 11 is 0. The molecule has 0 bridgehead atoms. The van der Waals surface area contributed by atoms with Gasteiger partial charge in [-0.3, -0.25) is 0 Å².